The summed E-state index contributed by atoms with van der Waals surface area (Å²) in [6.07, 6.45) is 39.1. The molecule has 0 aromatic carbocycles. The van der Waals surface area contributed by atoms with Gasteiger partial charge in [-0.3, -0.25) is 9.05 Å². The fourth-order valence-corrected chi connectivity index (χ4v) is 8.88. The van der Waals surface area contributed by atoms with E-state index in [1.165, 1.54) is 68.6 Å². The van der Waals surface area contributed by atoms with E-state index in [9.17, 15) is 29.9 Å². The number of aliphatic hydroxyl groups is 4. The largest absolute Gasteiger partial charge is 0.474 e. The van der Waals surface area contributed by atoms with Crippen LogP contribution in [0.3, 0.4) is 0 Å². The molecule has 1 rings (SSSR count). The average molecular weight is 1010 g/mol. The molecule has 0 aromatic heterocycles. The van der Waals surface area contributed by atoms with Crippen LogP contribution >= 0.6 is 7.82 Å². The van der Waals surface area contributed by atoms with Gasteiger partial charge in [0.2, 0.25) is 0 Å². The van der Waals surface area contributed by atoms with Crippen LogP contribution in [0, 0.1) is 0 Å². The van der Waals surface area contributed by atoms with Crippen LogP contribution in [-0.2, 0) is 18.3 Å². The predicted octanol–water partition coefficient (Wildman–Crippen LogP) is 16.2. The van der Waals surface area contributed by atoms with Crippen molar-refractivity contribution in [1.82, 2.24) is 0 Å². The van der Waals surface area contributed by atoms with Crippen molar-refractivity contribution in [1.29, 1.82) is 0 Å². The molecular weight excluding hydrogens is 908 g/mol. The number of aliphatic hydroxyl groups excluding tert-OH is 4. The van der Waals surface area contributed by atoms with E-state index in [4.69, 9.17) is 13.8 Å². The maximum atomic E-state index is 12.4. The molecule has 0 saturated carbocycles. The first-order chi connectivity index (χ1) is 33.6. The number of ether oxygens (including phenoxy) is 1. The van der Waals surface area contributed by atoms with E-state index in [0.717, 1.165) is 121 Å². The molecule has 9 nitrogen and oxygen atoms in total. The van der Waals surface area contributed by atoms with Crippen LogP contribution in [0.5, 0.6) is 0 Å². The van der Waals surface area contributed by atoms with Crippen molar-refractivity contribution in [3.63, 3.8) is 0 Å². The summed E-state index contributed by atoms with van der Waals surface area (Å²) in [5, 5.41) is 39.1. The predicted molar refractivity (Wildman–Crippen MR) is 300 cm³/mol. The lowest BCUT2D eigenvalue weighted by molar-refractivity contribution is -0.281. The van der Waals surface area contributed by atoms with Gasteiger partial charge < -0.3 is 30.1 Å². The lowest BCUT2D eigenvalue weighted by atomic mass is 10.00. The highest BCUT2D eigenvalue weighted by Gasteiger charge is 2.46. The first-order valence-electron chi connectivity index (χ1n) is 26.8. The lowest BCUT2D eigenvalue weighted by Crippen LogP contribution is -2.58. The number of hydrogen-bond acceptors (Lipinski definition) is 8. The van der Waals surface area contributed by atoms with Gasteiger partial charge in [-0.05, 0) is 212 Å². The highest BCUT2D eigenvalue weighted by molar-refractivity contribution is 7.47. The van der Waals surface area contributed by atoms with Gasteiger partial charge in [0.25, 0.3) is 0 Å². The fourth-order valence-electron chi connectivity index (χ4n) is 8.12. The average Bonchev–Trinajstić information content (AvgIpc) is 3.29. The van der Waals surface area contributed by atoms with Gasteiger partial charge in [0.15, 0.2) is 6.29 Å². The Balaban J connectivity index is 2.26. The molecule has 0 spiro atoms. The summed E-state index contributed by atoms with van der Waals surface area (Å²) in [6.45, 7) is 25.7. The lowest BCUT2D eigenvalue weighted by Gasteiger charge is -2.39. The van der Waals surface area contributed by atoms with Gasteiger partial charge in [0, 0.05) is 0 Å². The van der Waals surface area contributed by atoms with Gasteiger partial charge in [0.1, 0.15) is 24.4 Å². The van der Waals surface area contributed by atoms with Crippen LogP contribution < -0.4 is 0 Å². The normalized spacial score (nSPS) is 21.8. The number of rotatable bonds is 36. The molecule has 0 aliphatic carbocycles. The number of hydrogen-bond donors (Lipinski definition) is 5. The van der Waals surface area contributed by atoms with Crippen LogP contribution in [0.15, 0.2) is 128 Å². The molecule has 5 N–H and O–H groups in total. The molecule has 0 bridgehead atoms. The zero-order valence-electron chi connectivity index (χ0n) is 46.6. The molecule has 1 aliphatic rings. The van der Waals surface area contributed by atoms with Crippen molar-refractivity contribution in [3.05, 3.63) is 128 Å². The second kappa shape index (κ2) is 38.6. The second-order valence-electron chi connectivity index (χ2n) is 20.7. The molecule has 10 heteroatoms. The van der Waals surface area contributed by atoms with Crippen molar-refractivity contribution < 1.29 is 43.7 Å². The molecular formula is C61H101O9P. The van der Waals surface area contributed by atoms with Crippen molar-refractivity contribution in [3.8, 4) is 0 Å². The molecule has 1 saturated heterocycles. The number of allylic oxidation sites excluding steroid dienone is 21. The van der Waals surface area contributed by atoms with Crippen LogP contribution in [0.25, 0.3) is 0 Å². The van der Waals surface area contributed by atoms with E-state index in [-0.39, 0.29) is 6.61 Å². The second-order valence-corrected chi connectivity index (χ2v) is 22.1. The maximum Gasteiger partial charge on any atom is 0.474 e. The third-order valence-electron chi connectivity index (χ3n) is 13.1. The van der Waals surface area contributed by atoms with E-state index in [1.807, 2.05) is 6.92 Å². The maximum absolute atomic E-state index is 12.4. The summed E-state index contributed by atoms with van der Waals surface area (Å²) in [4.78, 5) is 10.1. The van der Waals surface area contributed by atoms with Crippen molar-refractivity contribution >= 4 is 7.82 Å². The first-order valence-corrected chi connectivity index (χ1v) is 28.3. The summed E-state index contributed by atoms with van der Waals surface area (Å²) in [5.41, 5.74) is 15.6. The standard InChI is InChI=1S/C61H101O9P/c1-46(2)23-13-24-47(3)25-14-26-48(4)27-15-28-49(5)29-16-30-50(6)31-17-32-51(7)33-18-34-52(8)35-19-36-53(9)37-20-38-54(10)39-21-40-55(11)41-22-42-56(12)43-44-68-71(66,67)70-61-60(65)59(64)58(63)57(45-62)69-61/h23,25,27,29,31,33,35,37,39,41,43,57-65H,13-22,24,26,28,30,32,34,36,38,40,42,44-45H2,1-12H3,(H,66,67)/b47-25+,48-27+,49-29-,50-31-,51-33-,52-35-,53-37-,54-39-,55-41-,56-43-/t57-,58-,59+,60-,61+/m1/s1. The minimum atomic E-state index is -4.67. The number of phosphoric acid groups is 1. The Kier molecular flexibility index (Phi) is 35.9. The monoisotopic (exact) mass is 1010 g/mol. The van der Waals surface area contributed by atoms with E-state index < -0.39 is 45.1 Å². The number of phosphoric ester groups is 1. The molecule has 0 radical (unpaired) electrons. The van der Waals surface area contributed by atoms with Crippen molar-refractivity contribution in [2.45, 2.75) is 242 Å². The van der Waals surface area contributed by atoms with Gasteiger partial charge in [-0.1, -0.05) is 128 Å². The van der Waals surface area contributed by atoms with Crippen molar-refractivity contribution in [2.24, 2.45) is 0 Å². The zero-order chi connectivity index (χ0) is 53.2. The van der Waals surface area contributed by atoms with E-state index in [0.29, 0.717) is 0 Å². The third kappa shape index (κ3) is 34.2. The van der Waals surface area contributed by atoms with Gasteiger partial charge in [-0.15, -0.1) is 0 Å². The zero-order valence-corrected chi connectivity index (χ0v) is 47.5. The summed E-state index contributed by atoms with van der Waals surface area (Å²) >= 11 is 0. The van der Waals surface area contributed by atoms with Gasteiger partial charge >= 0.3 is 7.82 Å². The third-order valence-corrected chi connectivity index (χ3v) is 14.1. The Morgan fingerprint density at radius 2 is 0.662 bits per heavy atom. The minimum Gasteiger partial charge on any atom is -0.394 e. The molecule has 404 valence electrons. The van der Waals surface area contributed by atoms with Crippen LogP contribution in [0.4, 0.5) is 0 Å². The molecule has 71 heavy (non-hydrogen) atoms. The molecule has 0 amide bonds. The summed E-state index contributed by atoms with van der Waals surface area (Å²) in [5.74, 6) is 0. The van der Waals surface area contributed by atoms with Crippen LogP contribution in [0.1, 0.15) is 212 Å². The quantitative estimate of drug-likeness (QED) is 0.0306. The van der Waals surface area contributed by atoms with Crippen molar-refractivity contribution in [2.75, 3.05) is 13.2 Å². The Morgan fingerprint density at radius 3 is 0.915 bits per heavy atom. The highest BCUT2D eigenvalue weighted by atomic mass is 31.2. The Bertz CT molecular complexity index is 1930. The Hall–Kier alpha value is -2.95. The summed E-state index contributed by atoms with van der Waals surface area (Å²) in [6, 6.07) is 0. The highest BCUT2D eigenvalue weighted by Crippen LogP contribution is 2.46. The molecule has 1 unspecified atom stereocenters. The minimum absolute atomic E-state index is 0.207. The molecule has 1 fully saturated rings. The Labute approximate surface area is 433 Å². The Morgan fingerprint density at radius 1 is 0.408 bits per heavy atom. The fraction of sp³-hybridized carbons (Fsp3) is 0.639. The van der Waals surface area contributed by atoms with Gasteiger partial charge in [0.05, 0.1) is 13.2 Å². The molecule has 1 heterocycles. The van der Waals surface area contributed by atoms with E-state index in [1.54, 1.807) is 6.08 Å². The summed E-state index contributed by atoms with van der Waals surface area (Å²) in [7, 11) is -4.67. The topological polar surface area (TPSA) is 146 Å². The molecule has 1 aliphatic heterocycles. The van der Waals surface area contributed by atoms with Crippen LogP contribution in [0.2, 0.25) is 0 Å². The van der Waals surface area contributed by atoms with Gasteiger partial charge in [-0.25, -0.2) is 4.57 Å². The van der Waals surface area contributed by atoms with Gasteiger partial charge in [-0.2, -0.15) is 0 Å². The smallest absolute Gasteiger partial charge is 0.394 e. The molecule has 0 aromatic rings. The van der Waals surface area contributed by atoms with E-state index >= 15 is 0 Å². The van der Waals surface area contributed by atoms with Crippen LogP contribution in [-0.4, -0.2) is 69.2 Å². The molecule has 6 atom stereocenters. The first kappa shape index (κ1) is 66.1. The summed E-state index contributed by atoms with van der Waals surface area (Å²) < 4.78 is 27.4. The SMILES string of the molecule is CC(C)=CCC/C(C)=C/CC/C(C)=C/CC/C(C)=C\CC/C(C)=C\CC/C(C)=C\CC/C(C)=C\CC/C(C)=C\CC/C(C)=C\CC/C(C)=C\CC/C(C)=C\COP(=O)(O)O[C@@H]1O[C@H](CO)[C@@H](O)[C@H](O)[C@H]1O. The van der Waals surface area contributed by atoms with E-state index in [2.05, 4.69) is 137 Å².